The Morgan fingerprint density at radius 3 is 2.29 bits per heavy atom. The summed E-state index contributed by atoms with van der Waals surface area (Å²) in [7, 11) is -1.89. The zero-order valence-corrected chi connectivity index (χ0v) is 16.9. The van der Waals surface area contributed by atoms with Gasteiger partial charge in [0.15, 0.2) is 8.24 Å². The van der Waals surface area contributed by atoms with Crippen LogP contribution in [-0.2, 0) is 0 Å². The van der Waals surface area contributed by atoms with Crippen molar-refractivity contribution in [1.82, 2.24) is 4.98 Å². The molecule has 1 atom stereocenters. The van der Waals surface area contributed by atoms with Gasteiger partial charge in [0.25, 0.3) is 0 Å². The van der Waals surface area contributed by atoms with E-state index >= 15 is 0 Å². The summed E-state index contributed by atoms with van der Waals surface area (Å²) in [5.41, 5.74) is 1.79. The highest BCUT2D eigenvalue weighted by atomic mass is 28.3. The summed E-state index contributed by atoms with van der Waals surface area (Å²) in [6.07, 6.45) is 12.8. The van der Waals surface area contributed by atoms with Crippen LogP contribution in [0.25, 0.3) is 0 Å². The third kappa shape index (κ3) is 3.60. The van der Waals surface area contributed by atoms with Crippen molar-refractivity contribution in [3.05, 3.63) is 53.3 Å². The Bertz CT molecular complexity index is 617. The summed E-state index contributed by atoms with van der Waals surface area (Å²) in [4.78, 5) is 4.23. The molecule has 1 aromatic carbocycles. The first-order chi connectivity index (χ1) is 11.4. The number of nitrogens with one attached hydrogen (secondary N) is 1. The van der Waals surface area contributed by atoms with E-state index in [4.69, 9.17) is 0 Å². The molecule has 0 heterocycles. The smallest absolute Gasteiger partial charge is 0.183 e. The fourth-order valence-corrected chi connectivity index (χ4v) is 8.63. The van der Waals surface area contributed by atoms with E-state index in [1.807, 2.05) is 0 Å². The lowest BCUT2D eigenvalue weighted by atomic mass is 9.87. The molecular formula is C22H33NSi. The molecule has 1 nitrogen and oxygen atoms in total. The SMILES string of the molecule is CC(C)(C)C1=C([Si](C)(NC2CCCCC2)c2ccccc2)CC=C1. The lowest BCUT2D eigenvalue weighted by molar-refractivity contribution is 0.415. The van der Waals surface area contributed by atoms with Crippen LogP contribution in [0.5, 0.6) is 0 Å². The molecule has 2 aliphatic rings. The van der Waals surface area contributed by atoms with Gasteiger partial charge in [0, 0.05) is 6.04 Å². The number of hydrogen-bond acceptors (Lipinski definition) is 1. The maximum absolute atomic E-state index is 4.23. The Kier molecular flexibility index (Phi) is 5.17. The highest BCUT2D eigenvalue weighted by molar-refractivity contribution is 6.95. The fraction of sp³-hybridized carbons (Fsp3) is 0.545. The van der Waals surface area contributed by atoms with E-state index in [1.165, 1.54) is 37.3 Å². The molecule has 0 aliphatic heterocycles. The third-order valence-electron chi connectivity index (χ3n) is 5.79. The number of rotatable bonds is 4. The second-order valence-corrected chi connectivity index (χ2v) is 12.4. The quantitative estimate of drug-likeness (QED) is 0.740. The Morgan fingerprint density at radius 1 is 1.00 bits per heavy atom. The predicted octanol–water partition coefficient (Wildman–Crippen LogP) is 5.23. The van der Waals surface area contributed by atoms with Gasteiger partial charge in [-0.15, -0.1) is 0 Å². The van der Waals surface area contributed by atoms with Crippen LogP contribution in [0, 0.1) is 5.41 Å². The van der Waals surface area contributed by atoms with Gasteiger partial charge in [-0.25, -0.2) is 0 Å². The van der Waals surface area contributed by atoms with E-state index in [9.17, 15) is 0 Å². The van der Waals surface area contributed by atoms with Gasteiger partial charge >= 0.3 is 0 Å². The van der Waals surface area contributed by atoms with E-state index in [2.05, 4.69) is 74.8 Å². The van der Waals surface area contributed by atoms with Crippen molar-refractivity contribution in [1.29, 1.82) is 0 Å². The van der Waals surface area contributed by atoms with E-state index in [-0.39, 0.29) is 5.41 Å². The van der Waals surface area contributed by atoms with Crippen molar-refractivity contribution in [2.45, 2.75) is 71.9 Å². The predicted molar refractivity (Wildman–Crippen MR) is 108 cm³/mol. The van der Waals surface area contributed by atoms with Gasteiger partial charge in [0.1, 0.15) is 0 Å². The minimum atomic E-state index is -1.89. The van der Waals surface area contributed by atoms with E-state index in [0.717, 1.165) is 6.42 Å². The Morgan fingerprint density at radius 2 is 1.67 bits per heavy atom. The molecule has 0 aromatic heterocycles. The molecule has 1 saturated carbocycles. The molecule has 0 amide bonds. The van der Waals surface area contributed by atoms with Gasteiger partial charge in [0.2, 0.25) is 0 Å². The first-order valence-corrected chi connectivity index (χ1v) is 12.1. The van der Waals surface area contributed by atoms with Gasteiger partial charge in [0.05, 0.1) is 0 Å². The van der Waals surface area contributed by atoms with Crippen LogP contribution in [-0.4, -0.2) is 14.3 Å². The Labute approximate surface area is 149 Å². The van der Waals surface area contributed by atoms with Crippen molar-refractivity contribution < 1.29 is 0 Å². The largest absolute Gasteiger partial charge is 0.328 e. The van der Waals surface area contributed by atoms with Gasteiger partial charge in [-0.3, -0.25) is 0 Å². The Hall–Kier alpha value is -1.12. The fourth-order valence-electron chi connectivity index (χ4n) is 4.45. The normalized spacial score (nSPS) is 22.0. The maximum atomic E-state index is 4.23. The average molecular weight is 340 g/mol. The van der Waals surface area contributed by atoms with E-state index < -0.39 is 8.24 Å². The monoisotopic (exact) mass is 339 g/mol. The van der Waals surface area contributed by atoms with Crippen molar-refractivity contribution in [3.8, 4) is 0 Å². The van der Waals surface area contributed by atoms with Crippen molar-refractivity contribution >= 4 is 13.4 Å². The molecule has 1 unspecified atom stereocenters. The highest BCUT2D eigenvalue weighted by Crippen LogP contribution is 2.38. The number of allylic oxidation sites excluding steroid dienone is 4. The number of benzene rings is 1. The molecule has 1 N–H and O–H groups in total. The summed E-state index contributed by atoms with van der Waals surface area (Å²) in [6.45, 7) is 9.63. The average Bonchev–Trinajstić information content (AvgIpc) is 3.07. The molecule has 3 rings (SSSR count). The molecule has 1 aromatic rings. The molecule has 130 valence electrons. The minimum Gasteiger partial charge on any atom is -0.328 e. The van der Waals surface area contributed by atoms with Crippen molar-refractivity contribution in [2.75, 3.05) is 0 Å². The van der Waals surface area contributed by atoms with E-state index in [0.29, 0.717) is 6.04 Å². The van der Waals surface area contributed by atoms with E-state index in [1.54, 1.807) is 10.8 Å². The van der Waals surface area contributed by atoms with Crippen LogP contribution in [0.1, 0.15) is 59.3 Å². The summed E-state index contributed by atoms with van der Waals surface area (Å²) < 4.78 is 0. The van der Waals surface area contributed by atoms with Gasteiger partial charge in [-0.2, -0.15) is 0 Å². The minimum absolute atomic E-state index is 0.222. The van der Waals surface area contributed by atoms with Crippen LogP contribution < -0.4 is 10.2 Å². The molecule has 0 radical (unpaired) electrons. The van der Waals surface area contributed by atoms with Gasteiger partial charge in [-0.05, 0) is 42.0 Å². The molecule has 1 fully saturated rings. The first-order valence-electron chi connectivity index (χ1n) is 9.65. The van der Waals surface area contributed by atoms with Crippen LogP contribution >= 0.6 is 0 Å². The lowest BCUT2D eigenvalue weighted by Crippen LogP contribution is -2.63. The molecule has 0 spiro atoms. The molecule has 2 aliphatic carbocycles. The molecule has 2 heteroatoms. The zero-order valence-electron chi connectivity index (χ0n) is 15.9. The van der Waals surface area contributed by atoms with Gasteiger partial charge in [-0.1, -0.05) is 87.7 Å². The molecule has 0 bridgehead atoms. The van der Waals surface area contributed by atoms with Gasteiger partial charge < -0.3 is 4.98 Å². The van der Waals surface area contributed by atoms with Crippen molar-refractivity contribution in [2.24, 2.45) is 5.41 Å². The summed E-state index contributed by atoms with van der Waals surface area (Å²) in [6, 6.07) is 12.0. The standard InChI is InChI=1S/C22H33NSi/c1-22(2,3)20-16-11-17-21(20)24(4,19-14-9-6-10-15-19)23-18-12-7-5-8-13-18/h6,9-11,14-16,18,23H,5,7-8,12-13,17H2,1-4H3. The first kappa shape index (κ1) is 17.7. The maximum Gasteiger partial charge on any atom is 0.183 e. The second-order valence-electron chi connectivity index (χ2n) is 8.72. The lowest BCUT2D eigenvalue weighted by Gasteiger charge is -2.39. The zero-order chi connectivity index (χ0) is 17.2. The van der Waals surface area contributed by atoms with Crippen LogP contribution in [0.2, 0.25) is 6.55 Å². The summed E-state index contributed by atoms with van der Waals surface area (Å²) >= 11 is 0. The number of hydrogen-bond donors (Lipinski definition) is 1. The second kappa shape index (κ2) is 7.01. The highest BCUT2D eigenvalue weighted by Gasteiger charge is 2.40. The third-order valence-corrected chi connectivity index (χ3v) is 9.95. The molecular weight excluding hydrogens is 306 g/mol. The van der Waals surface area contributed by atoms with Crippen molar-refractivity contribution in [3.63, 3.8) is 0 Å². The van der Waals surface area contributed by atoms with Crippen LogP contribution in [0.15, 0.2) is 53.3 Å². The van der Waals surface area contributed by atoms with Crippen LogP contribution in [0.4, 0.5) is 0 Å². The summed E-state index contributed by atoms with van der Waals surface area (Å²) in [5.74, 6) is 0. The topological polar surface area (TPSA) is 12.0 Å². The molecule has 0 saturated heterocycles. The summed E-state index contributed by atoms with van der Waals surface area (Å²) in [5, 5.41) is 3.24. The Balaban J connectivity index is 2.02. The molecule has 24 heavy (non-hydrogen) atoms. The van der Waals surface area contributed by atoms with Crippen LogP contribution in [0.3, 0.4) is 0 Å².